The largest absolute Gasteiger partial charge is 0.490 e. The van der Waals surface area contributed by atoms with Crippen LogP contribution >= 0.6 is 11.6 Å². The van der Waals surface area contributed by atoms with Gasteiger partial charge in [0.05, 0.1) is 33.0 Å². The number of hydrogen-bond donors (Lipinski definition) is 1. The molecular weight excluding hydrogens is 639 g/mol. The molecule has 2 aliphatic rings. The van der Waals surface area contributed by atoms with E-state index in [1.54, 1.807) is 31.0 Å². The van der Waals surface area contributed by atoms with Crippen LogP contribution in [0.5, 0.6) is 5.75 Å². The predicted molar refractivity (Wildman–Crippen MR) is 182 cm³/mol. The summed E-state index contributed by atoms with van der Waals surface area (Å²) in [7, 11) is 0. The summed E-state index contributed by atoms with van der Waals surface area (Å²) < 4.78 is 29.6. The lowest BCUT2D eigenvalue weighted by molar-refractivity contribution is -0.126. The minimum Gasteiger partial charge on any atom is -0.490 e. The van der Waals surface area contributed by atoms with E-state index < -0.39 is 23.7 Å². The molecule has 0 radical (unpaired) electrons. The van der Waals surface area contributed by atoms with E-state index in [4.69, 9.17) is 26.1 Å². The lowest BCUT2D eigenvalue weighted by Gasteiger charge is -2.40. The highest BCUT2D eigenvalue weighted by atomic mass is 35.5. The maximum atomic E-state index is 16.0. The number of nitrogens with zero attached hydrogens (tertiary/aromatic N) is 6. The SMILES string of the molecule is C=CC(=O)N1CCN(c2nc(=O)n3c4nc(c(C)cc24)-c2c(ccc(Cl)c2F)OCC(O)C(OCC)c2ccnc(C(C)C)c2-3)[C@@H](C)C1. The fourth-order valence-electron chi connectivity index (χ4n) is 6.61. The highest BCUT2D eigenvalue weighted by Crippen LogP contribution is 2.41. The van der Waals surface area contributed by atoms with Crippen molar-refractivity contribution in [3.63, 3.8) is 0 Å². The first kappa shape index (κ1) is 33.5. The van der Waals surface area contributed by atoms with Crippen molar-refractivity contribution < 1.29 is 23.8 Å². The number of carbonyl (C=O) groups is 1. The molecule has 3 aromatic heterocycles. The van der Waals surface area contributed by atoms with Crippen LogP contribution in [0, 0.1) is 12.7 Å². The van der Waals surface area contributed by atoms with Gasteiger partial charge in [-0.05, 0) is 62.6 Å². The molecule has 13 heteroatoms. The Labute approximate surface area is 282 Å². The molecule has 2 unspecified atom stereocenters. The van der Waals surface area contributed by atoms with Gasteiger partial charge in [-0.1, -0.05) is 32.0 Å². The topological polar surface area (TPSA) is 123 Å². The zero-order valence-corrected chi connectivity index (χ0v) is 28.3. The minimum absolute atomic E-state index is 0.000377. The Bertz CT molecular complexity index is 1980. The van der Waals surface area contributed by atoms with Crippen molar-refractivity contribution in [2.24, 2.45) is 0 Å². The van der Waals surface area contributed by atoms with E-state index in [9.17, 15) is 14.7 Å². The Balaban J connectivity index is 1.74. The van der Waals surface area contributed by atoms with Crippen molar-refractivity contribution in [1.29, 1.82) is 0 Å². The number of anilines is 1. The fourth-order valence-corrected chi connectivity index (χ4v) is 6.77. The number of aryl methyl sites for hydroxylation is 1. The number of pyridine rings is 2. The first-order valence-corrected chi connectivity index (χ1v) is 16.4. The second-order valence-corrected chi connectivity index (χ2v) is 12.8. The molecule has 0 spiro atoms. The van der Waals surface area contributed by atoms with Crippen molar-refractivity contribution in [2.45, 2.75) is 58.8 Å². The standard InChI is InChI=1S/C35H38ClFN6O5/c1-7-26(45)41-13-14-42(20(6)16-41)33-22-15-19(5)30-27-25(10-9-23(36)28(27)37)48-17-24(44)32(47-8-2)21-11-12-38-29(18(3)4)31(21)43(34(22)39-30)35(46)40-33/h7,9-12,15,18,20,24,32,44H,1,8,13-14,16-17H2,2-6H3/t20-,24?,32?/m0/s1. The molecule has 48 heavy (non-hydrogen) atoms. The van der Waals surface area contributed by atoms with Crippen molar-refractivity contribution in [1.82, 2.24) is 24.4 Å². The third-order valence-corrected chi connectivity index (χ3v) is 9.18. The van der Waals surface area contributed by atoms with Crippen molar-refractivity contribution in [3.05, 3.63) is 81.3 Å². The lowest BCUT2D eigenvalue weighted by Crippen LogP contribution is -2.54. The summed E-state index contributed by atoms with van der Waals surface area (Å²) in [4.78, 5) is 45.0. The maximum absolute atomic E-state index is 16.0. The Morgan fingerprint density at radius 1 is 1.27 bits per heavy atom. The van der Waals surface area contributed by atoms with Gasteiger partial charge >= 0.3 is 5.69 Å². The fraction of sp³-hybridized carbons (Fsp3) is 0.400. The van der Waals surface area contributed by atoms with E-state index >= 15 is 4.39 Å². The Morgan fingerprint density at radius 2 is 2.04 bits per heavy atom. The van der Waals surface area contributed by atoms with Gasteiger partial charge in [0.25, 0.3) is 0 Å². The van der Waals surface area contributed by atoms with Crippen LogP contribution in [-0.2, 0) is 9.53 Å². The third kappa shape index (κ3) is 5.71. The summed E-state index contributed by atoms with van der Waals surface area (Å²) in [6.07, 6.45) is 0.736. The van der Waals surface area contributed by atoms with Gasteiger partial charge in [0.15, 0.2) is 11.5 Å². The van der Waals surface area contributed by atoms with Crippen molar-refractivity contribution >= 4 is 34.4 Å². The molecule has 11 nitrogen and oxygen atoms in total. The van der Waals surface area contributed by atoms with Gasteiger partial charge in [-0.25, -0.2) is 18.7 Å². The molecule has 1 N–H and O–H groups in total. The number of aromatic nitrogens is 4. The highest BCUT2D eigenvalue weighted by molar-refractivity contribution is 6.31. The maximum Gasteiger partial charge on any atom is 0.355 e. The summed E-state index contributed by atoms with van der Waals surface area (Å²) in [5, 5.41) is 12.0. The highest BCUT2D eigenvalue weighted by Gasteiger charge is 2.34. The van der Waals surface area contributed by atoms with Crippen LogP contribution in [-0.4, -0.2) is 80.4 Å². The zero-order valence-electron chi connectivity index (χ0n) is 27.5. The average Bonchev–Trinajstić information content (AvgIpc) is 3.06. The number of halogens is 2. The molecule has 1 amide bonds. The smallest absolute Gasteiger partial charge is 0.355 e. The second kappa shape index (κ2) is 13.3. The van der Waals surface area contributed by atoms with Gasteiger partial charge < -0.3 is 24.4 Å². The number of amides is 1. The summed E-state index contributed by atoms with van der Waals surface area (Å²) in [5.74, 6) is -0.570. The number of carbonyl (C=O) groups excluding carboxylic acids is 1. The normalized spacial score (nSPS) is 19.4. The van der Waals surface area contributed by atoms with Gasteiger partial charge in [0, 0.05) is 44.0 Å². The number of ether oxygens (including phenoxy) is 2. The van der Waals surface area contributed by atoms with Gasteiger partial charge in [-0.15, -0.1) is 0 Å². The minimum atomic E-state index is -1.22. The number of fused-ring (bicyclic) bond motifs is 5. The monoisotopic (exact) mass is 676 g/mol. The van der Waals surface area contributed by atoms with E-state index in [0.717, 1.165) is 0 Å². The number of piperazine rings is 1. The predicted octanol–water partition coefficient (Wildman–Crippen LogP) is 5.12. The number of hydrogen-bond acceptors (Lipinski definition) is 9. The zero-order chi connectivity index (χ0) is 34.4. The number of benzene rings is 1. The van der Waals surface area contributed by atoms with Crippen molar-refractivity contribution in [2.75, 3.05) is 37.7 Å². The molecule has 1 aromatic carbocycles. The van der Waals surface area contributed by atoms with Crippen LogP contribution in [0.2, 0.25) is 5.02 Å². The Kier molecular flexibility index (Phi) is 9.25. The van der Waals surface area contributed by atoms with Crippen LogP contribution in [0.3, 0.4) is 0 Å². The van der Waals surface area contributed by atoms with E-state index in [1.165, 1.54) is 22.8 Å². The molecule has 1 saturated heterocycles. The molecule has 0 aliphatic carbocycles. The van der Waals surface area contributed by atoms with Gasteiger partial charge in [-0.2, -0.15) is 4.98 Å². The lowest BCUT2D eigenvalue weighted by atomic mass is 9.97. The van der Waals surface area contributed by atoms with Crippen LogP contribution < -0.4 is 15.3 Å². The molecule has 0 saturated carbocycles. The molecule has 2 aliphatic heterocycles. The van der Waals surface area contributed by atoms with Gasteiger partial charge in [0.1, 0.15) is 30.4 Å². The first-order valence-electron chi connectivity index (χ1n) is 16.0. The summed E-state index contributed by atoms with van der Waals surface area (Å²) in [6, 6.07) is 6.26. The van der Waals surface area contributed by atoms with E-state index in [2.05, 4.69) is 16.5 Å². The molecule has 252 valence electrons. The van der Waals surface area contributed by atoms with Gasteiger partial charge in [-0.3, -0.25) is 9.78 Å². The van der Waals surface area contributed by atoms with Crippen LogP contribution in [0.25, 0.3) is 28.0 Å². The first-order chi connectivity index (χ1) is 23.0. The number of aliphatic hydroxyl groups excluding tert-OH is 1. The summed E-state index contributed by atoms with van der Waals surface area (Å²) >= 11 is 6.30. The Morgan fingerprint density at radius 3 is 2.73 bits per heavy atom. The van der Waals surface area contributed by atoms with Crippen LogP contribution in [0.4, 0.5) is 10.2 Å². The summed E-state index contributed by atoms with van der Waals surface area (Å²) in [5.41, 5.74) is 1.79. The van der Waals surface area contributed by atoms with Gasteiger partial charge in [0.2, 0.25) is 5.91 Å². The molecule has 2 bridgehead atoms. The number of rotatable bonds is 5. The number of aliphatic hydroxyl groups is 1. The van der Waals surface area contributed by atoms with Crippen LogP contribution in [0.1, 0.15) is 56.5 Å². The van der Waals surface area contributed by atoms with E-state index in [-0.39, 0.29) is 58.8 Å². The Hall–Kier alpha value is -4.39. The molecule has 4 aromatic rings. The van der Waals surface area contributed by atoms with Crippen LogP contribution in [0.15, 0.2) is 47.9 Å². The molecule has 6 rings (SSSR count). The molecular formula is C35H38ClFN6O5. The summed E-state index contributed by atoms with van der Waals surface area (Å²) in [6.45, 7) is 14.3. The molecule has 1 fully saturated rings. The van der Waals surface area contributed by atoms with E-state index in [0.29, 0.717) is 53.3 Å². The molecule has 3 atom stereocenters. The quantitative estimate of drug-likeness (QED) is 0.287. The second-order valence-electron chi connectivity index (χ2n) is 12.4. The van der Waals surface area contributed by atoms with E-state index in [1.807, 2.05) is 31.7 Å². The third-order valence-electron chi connectivity index (χ3n) is 8.88. The average molecular weight is 677 g/mol. The van der Waals surface area contributed by atoms with Crippen molar-refractivity contribution in [3.8, 4) is 22.7 Å². The molecule has 5 heterocycles.